The molecule has 5 aliphatic carbocycles. The van der Waals surface area contributed by atoms with Crippen LogP contribution in [0.3, 0.4) is 0 Å². The molecule has 0 amide bonds. The molecule has 0 bridgehead atoms. The quantitative estimate of drug-likeness (QED) is 0.147. The third-order valence-electron chi connectivity index (χ3n) is 16.8. The van der Waals surface area contributed by atoms with Gasteiger partial charge in [0.2, 0.25) is 0 Å². The number of ether oxygens (including phenoxy) is 1. The van der Waals surface area contributed by atoms with Crippen molar-refractivity contribution in [2.45, 2.75) is 146 Å². The fourth-order valence-corrected chi connectivity index (χ4v) is 13.8. The summed E-state index contributed by atoms with van der Waals surface area (Å²) in [6.07, 6.45) is 11.5. The predicted molar refractivity (Wildman–Crippen MR) is 224 cm³/mol. The number of carbonyl (C=O) groups excluding carboxylic acids is 3. The maximum Gasteiger partial charge on any atom is 0.307 e. The summed E-state index contributed by atoms with van der Waals surface area (Å²) in [5, 5.41) is 0.771. The minimum Gasteiger partial charge on any atom is -0.462 e. The van der Waals surface area contributed by atoms with Gasteiger partial charge in [-0.1, -0.05) is 91.6 Å². The monoisotopic (exact) mass is 777 g/mol. The van der Waals surface area contributed by atoms with E-state index in [1.807, 2.05) is 26.0 Å². The Bertz CT molecular complexity index is 1650. The lowest BCUT2D eigenvalue weighted by atomic mass is 9.33. The lowest BCUT2D eigenvalue weighted by molar-refractivity contribution is -0.233. The maximum absolute atomic E-state index is 14.3. The Kier molecular flexibility index (Phi) is 11.8. The van der Waals surface area contributed by atoms with E-state index < -0.39 is 5.41 Å². The topological polar surface area (TPSA) is 66.9 Å². The summed E-state index contributed by atoms with van der Waals surface area (Å²) in [4.78, 5) is 43.9. The molecule has 0 heterocycles. The molecule has 0 saturated heterocycles. The van der Waals surface area contributed by atoms with Crippen molar-refractivity contribution in [3.63, 3.8) is 0 Å². The Morgan fingerprint density at radius 3 is 2.24 bits per heavy atom. The Morgan fingerprint density at radius 1 is 0.909 bits per heavy atom. The first-order chi connectivity index (χ1) is 25.6. The number of benzene rings is 1. The van der Waals surface area contributed by atoms with Crippen LogP contribution in [-0.2, 0) is 25.7 Å². The fraction of sp³-hybridized carbons (Fsp3) is 0.771. The highest BCUT2D eigenvalue weighted by molar-refractivity contribution is 6.30. The number of Topliss-reactive ketones (excluding diaryl/α,β-unsaturated/α-hetero) is 1. The molecule has 7 heteroatoms. The molecule has 55 heavy (non-hydrogen) atoms. The van der Waals surface area contributed by atoms with Crippen molar-refractivity contribution in [2.24, 2.45) is 56.2 Å². The van der Waals surface area contributed by atoms with Crippen molar-refractivity contribution in [2.75, 3.05) is 33.7 Å². The predicted octanol–water partition coefficient (Wildman–Crippen LogP) is 10.6. The fourth-order valence-electron chi connectivity index (χ4n) is 13.7. The van der Waals surface area contributed by atoms with E-state index in [1.54, 1.807) is 5.57 Å². The third kappa shape index (κ3) is 7.57. The number of fused-ring (bicyclic) bond motifs is 7. The number of ketones is 1. The highest BCUT2D eigenvalue weighted by atomic mass is 35.5. The summed E-state index contributed by atoms with van der Waals surface area (Å²) in [6, 6.07) is 8.30. The van der Waals surface area contributed by atoms with Crippen LogP contribution in [0.2, 0.25) is 5.02 Å². The van der Waals surface area contributed by atoms with E-state index in [0.29, 0.717) is 30.0 Å². The lowest BCUT2D eigenvalue weighted by Crippen LogP contribution is -2.65. The van der Waals surface area contributed by atoms with Gasteiger partial charge in [0.05, 0.1) is 6.42 Å². The molecule has 4 saturated carbocycles. The highest BCUT2D eigenvalue weighted by Gasteiger charge is 2.70. The van der Waals surface area contributed by atoms with Gasteiger partial charge in [0.1, 0.15) is 12.4 Å². The van der Waals surface area contributed by atoms with Gasteiger partial charge in [-0.2, -0.15) is 0 Å². The lowest BCUT2D eigenvalue weighted by Gasteiger charge is -2.72. The standard InChI is InChI=1S/C48H73ClN2O4/c1-32(2)41-36(53)28-48(24-25-51(27-26-50(10)11)30-33-12-14-34(49)15-13-33)23-22-46(8)35(42(41)48)16-17-38-45(7)20-19-39(55-40(54)29-43(3,4)31-52)44(5,6)37(45)18-21-47(38,46)9/h12-15,31-32,35,37-39H,16-30H2,1-11H3. The van der Waals surface area contributed by atoms with Crippen molar-refractivity contribution < 1.29 is 19.1 Å². The minimum atomic E-state index is -0.708. The van der Waals surface area contributed by atoms with Crippen LogP contribution in [0.4, 0.5) is 0 Å². The first-order valence-electron chi connectivity index (χ1n) is 21.7. The number of carbonyl (C=O) groups is 3. The second-order valence-corrected chi connectivity index (χ2v) is 22.0. The maximum atomic E-state index is 14.3. The Morgan fingerprint density at radius 2 is 1.60 bits per heavy atom. The van der Waals surface area contributed by atoms with Crippen LogP contribution < -0.4 is 0 Å². The van der Waals surface area contributed by atoms with E-state index in [4.69, 9.17) is 16.3 Å². The number of likely N-dealkylation sites (N-methyl/N-ethyl adjacent to an activating group) is 1. The molecule has 0 N–H and O–H groups in total. The summed E-state index contributed by atoms with van der Waals surface area (Å²) in [6.45, 7) is 24.6. The molecular weight excluding hydrogens is 704 g/mol. The van der Waals surface area contributed by atoms with Gasteiger partial charge in [0.15, 0.2) is 5.78 Å². The highest BCUT2D eigenvalue weighted by Crippen LogP contribution is 2.77. The van der Waals surface area contributed by atoms with Crippen LogP contribution in [0.15, 0.2) is 35.4 Å². The van der Waals surface area contributed by atoms with Gasteiger partial charge < -0.3 is 14.4 Å². The van der Waals surface area contributed by atoms with Gasteiger partial charge in [-0.05, 0) is 142 Å². The summed E-state index contributed by atoms with van der Waals surface area (Å²) >= 11 is 6.26. The number of rotatable bonds is 13. The first-order valence-corrected chi connectivity index (χ1v) is 22.1. The number of esters is 1. The van der Waals surface area contributed by atoms with Gasteiger partial charge in [-0.25, -0.2) is 0 Å². The van der Waals surface area contributed by atoms with Crippen LogP contribution in [0.1, 0.15) is 139 Å². The van der Waals surface area contributed by atoms with E-state index in [0.717, 1.165) is 76.0 Å². The molecule has 1 aromatic carbocycles. The number of hydrogen-bond acceptors (Lipinski definition) is 6. The summed E-state index contributed by atoms with van der Waals surface area (Å²) < 4.78 is 6.27. The van der Waals surface area contributed by atoms with Gasteiger partial charge in [-0.3, -0.25) is 14.5 Å². The first kappa shape index (κ1) is 42.6. The molecule has 6 nitrogen and oxygen atoms in total. The van der Waals surface area contributed by atoms with Gasteiger partial charge >= 0.3 is 5.97 Å². The summed E-state index contributed by atoms with van der Waals surface area (Å²) in [7, 11) is 4.30. The second-order valence-electron chi connectivity index (χ2n) is 21.6. The van der Waals surface area contributed by atoms with Crippen molar-refractivity contribution >= 4 is 29.6 Å². The molecule has 0 radical (unpaired) electrons. The molecule has 0 aliphatic heterocycles. The smallest absolute Gasteiger partial charge is 0.307 e. The van der Waals surface area contributed by atoms with E-state index in [9.17, 15) is 14.4 Å². The van der Waals surface area contributed by atoms with Crippen molar-refractivity contribution in [3.05, 3.63) is 46.0 Å². The van der Waals surface area contributed by atoms with Gasteiger partial charge in [0, 0.05) is 47.3 Å². The summed E-state index contributed by atoms with van der Waals surface area (Å²) in [5.41, 5.74) is 3.56. The Balaban J connectivity index is 1.27. The zero-order chi connectivity index (χ0) is 40.4. The van der Waals surface area contributed by atoms with Crippen LogP contribution in [0.25, 0.3) is 0 Å². The van der Waals surface area contributed by atoms with Crippen molar-refractivity contribution in [1.82, 2.24) is 9.80 Å². The Labute approximate surface area is 338 Å². The van der Waals surface area contributed by atoms with Crippen molar-refractivity contribution in [3.8, 4) is 0 Å². The summed E-state index contributed by atoms with van der Waals surface area (Å²) in [5.74, 6) is 1.88. The van der Waals surface area contributed by atoms with E-state index >= 15 is 0 Å². The Hall–Kier alpha value is -2.02. The SMILES string of the molecule is CC(C)C1=C2C3CCC4C5(C)CCC(OC(=O)CC(C)(C)C=O)C(C)(C)C5CCC4(C)C3(C)CCC2(CCN(CCN(C)C)Cc2ccc(Cl)cc2)CC1=O. The van der Waals surface area contributed by atoms with Gasteiger partial charge in [-0.15, -0.1) is 0 Å². The molecule has 0 spiro atoms. The number of hydrogen-bond donors (Lipinski definition) is 0. The molecule has 0 aromatic heterocycles. The van der Waals surface area contributed by atoms with E-state index in [-0.39, 0.29) is 51.5 Å². The van der Waals surface area contributed by atoms with E-state index in [1.165, 1.54) is 30.4 Å². The number of aldehydes is 1. The zero-order valence-electron chi connectivity index (χ0n) is 36.3. The average Bonchev–Trinajstić information content (AvgIpc) is 3.40. The van der Waals surface area contributed by atoms with E-state index in [2.05, 4.69) is 84.5 Å². The largest absolute Gasteiger partial charge is 0.462 e. The molecule has 5 aliphatic rings. The molecule has 8 atom stereocenters. The average molecular weight is 778 g/mol. The normalized spacial score (nSPS) is 35.7. The van der Waals surface area contributed by atoms with Crippen LogP contribution >= 0.6 is 11.6 Å². The van der Waals surface area contributed by atoms with Crippen molar-refractivity contribution in [1.29, 1.82) is 0 Å². The molecule has 4 fully saturated rings. The molecule has 8 unspecified atom stereocenters. The molecule has 306 valence electrons. The number of halogens is 1. The second kappa shape index (κ2) is 15.3. The third-order valence-corrected chi connectivity index (χ3v) is 17.0. The zero-order valence-corrected chi connectivity index (χ0v) is 37.0. The molecule has 1 aromatic rings. The van der Waals surface area contributed by atoms with Gasteiger partial charge in [0.25, 0.3) is 0 Å². The van der Waals surface area contributed by atoms with Crippen LogP contribution in [0, 0.1) is 56.2 Å². The number of allylic oxidation sites excluding steroid dienone is 2. The molecule has 6 rings (SSSR count). The van der Waals surface area contributed by atoms with Crippen LogP contribution in [-0.4, -0.2) is 67.7 Å². The number of nitrogens with zero attached hydrogens (tertiary/aromatic N) is 2. The molecular formula is C48H73ClN2O4. The van der Waals surface area contributed by atoms with Crippen LogP contribution in [0.5, 0.6) is 0 Å². The minimum absolute atomic E-state index is 0.0517.